The quantitative estimate of drug-likeness (QED) is 0.403. The lowest BCUT2D eigenvalue weighted by atomic mass is 10.2. The summed E-state index contributed by atoms with van der Waals surface area (Å²) >= 11 is 0. The molecule has 1 saturated carbocycles. The van der Waals surface area contributed by atoms with Gasteiger partial charge in [-0.05, 0) is 18.9 Å². The topological polar surface area (TPSA) is 72.0 Å². The number of aliphatic imine (C=N–C) groups is 1. The van der Waals surface area contributed by atoms with E-state index in [-0.39, 0.29) is 5.70 Å². The average Bonchev–Trinajstić information content (AvgIpc) is 3.08. The molecule has 0 amide bonds. The first-order valence-electron chi connectivity index (χ1n) is 4.97. The first-order valence-corrected chi connectivity index (χ1v) is 4.97. The van der Waals surface area contributed by atoms with E-state index in [9.17, 15) is 0 Å². The van der Waals surface area contributed by atoms with E-state index in [2.05, 4.69) is 23.5 Å². The molecule has 4 heteroatoms. The second kappa shape index (κ2) is 5.66. The molecular weight excluding hydrogens is 200 g/mol. The third-order valence-corrected chi connectivity index (χ3v) is 2.04. The lowest BCUT2D eigenvalue weighted by molar-refractivity contribution is 0.823. The van der Waals surface area contributed by atoms with Crippen LogP contribution in [-0.2, 0) is 0 Å². The van der Waals surface area contributed by atoms with Gasteiger partial charge in [-0.15, -0.1) is 0 Å². The molecule has 82 valence electrons. The van der Waals surface area contributed by atoms with Crippen molar-refractivity contribution in [2.24, 2.45) is 4.99 Å². The highest BCUT2D eigenvalue weighted by Crippen LogP contribution is 2.21. The van der Waals surface area contributed by atoms with Gasteiger partial charge in [-0.25, -0.2) is 4.99 Å². The van der Waals surface area contributed by atoms with Crippen molar-refractivity contribution < 1.29 is 0 Å². The smallest absolute Gasteiger partial charge is 0.133 e. The lowest BCUT2D eigenvalue weighted by Gasteiger charge is -2.08. The maximum atomic E-state index is 8.49. The first-order chi connectivity index (χ1) is 7.67. The molecule has 1 aliphatic carbocycles. The van der Waals surface area contributed by atoms with Gasteiger partial charge in [0.15, 0.2) is 0 Å². The van der Waals surface area contributed by atoms with Crippen LogP contribution in [0.3, 0.4) is 0 Å². The molecule has 4 nitrogen and oxygen atoms in total. The third kappa shape index (κ3) is 3.93. The van der Waals surface area contributed by atoms with E-state index in [4.69, 9.17) is 10.7 Å². The van der Waals surface area contributed by atoms with Crippen LogP contribution in [0.15, 0.2) is 41.2 Å². The molecular formula is C12H14N4. The van der Waals surface area contributed by atoms with E-state index < -0.39 is 0 Å². The Morgan fingerprint density at radius 3 is 2.69 bits per heavy atom. The predicted molar refractivity (Wildman–Crippen MR) is 65.4 cm³/mol. The Balaban J connectivity index is 2.64. The number of nitrogens with one attached hydrogen (secondary N) is 2. The van der Waals surface area contributed by atoms with E-state index >= 15 is 0 Å². The van der Waals surface area contributed by atoms with Crippen LogP contribution in [0.5, 0.6) is 0 Å². The Labute approximate surface area is 95.2 Å². The number of rotatable bonds is 6. The Morgan fingerprint density at radius 2 is 2.19 bits per heavy atom. The van der Waals surface area contributed by atoms with E-state index in [1.165, 1.54) is 12.4 Å². The highest BCUT2D eigenvalue weighted by molar-refractivity contribution is 5.87. The second-order valence-electron chi connectivity index (χ2n) is 3.51. The van der Waals surface area contributed by atoms with Crippen molar-refractivity contribution in [3.05, 3.63) is 36.2 Å². The fourth-order valence-electron chi connectivity index (χ4n) is 1.03. The van der Waals surface area contributed by atoms with E-state index in [1.807, 2.05) is 6.07 Å². The zero-order chi connectivity index (χ0) is 12.0. The molecule has 0 spiro atoms. The molecule has 0 aliphatic heterocycles. The standard InChI is InChI=1S/C12H14N4/c1-9(8-15-10(2)7-14)12(5-6-13)16-11-3-4-11/h5-6,8,11,13,16H,1-4H2/b12-5-,13-6?,15-8+. The van der Waals surface area contributed by atoms with Crippen molar-refractivity contribution in [1.82, 2.24) is 5.32 Å². The Hall–Kier alpha value is -2.15. The molecule has 0 atom stereocenters. The fourth-order valence-corrected chi connectivity index (χ4v) is 1.03. The molecule has 0 aromatic heterocycles. The Morgan fingerprint density at radius 1 is 1.50 bits per heavy atom. The lowest BCUT2D eigenvalue weighted by Crippen LogP contribution is -2.17. The summed E-state index contributed by atoms with van der Waals surface area (Å²) in [7, 11) is 0. The normalized spacial score (nSPS) is 15.6. The van der Waals surface area contributed by atoms with Gasteiger partial charge in [-0.2, -0.15) is 5.26 Å². The van der Waals surface area contributed by atoms with Crippen LogP contribution in [0, 0.1) is 16.7 Å². The predicted octanol–water partition coefficient (Wildman–Crippen LogP) is 1.94. The number of allylic oxidation sites excluding steroid dienone is 3. The van der Waals surface area contributed by atoms with Gasteiger partial charge in [0.05, 0.1) is 0 Å². The molecule has 0 bridgehead atoms. The third-order valence-electron chi connectivity index (χ3n) is 2.04. The zero-order valence-electron chi connectivity index (χ0n) is 9.03. The van der Waals surface area contributed by atoms with Crippen LogP contribution in [0.1, 0.15) is 12.8 Å². The van der Waals surface area contributed by atoms with Crippen molar-refractivity contribution >= 4 is 12.4 Å². The van der Waals surface area contributed by atoms with Crippen molar-refractivity contribution in [2.75, 3.05) is 0 Å². The Kier molecular flexibility index (Phi) is 4.22. The molecule has 0 aromatic carbocycles. The summed E-state index contributed by atoms with van der Waals surface area (Å²) < 4.78 is 0. The monoisotopic (exact) mass is 214 g/mol. The highest BCUT2D eigenvalue weighted by atomic mass is 15.0. The SMILES string of the molecule is C=C(C#N)/N=C/C(=C)/C(=C/C=N)NC1CC1. The fraction of sp³-hybridized carbons (Fsp3) is 0.250. The van der Waals surface area contributed by atoms with Crippen molar-refractivity contribution in [2.45, 2.75) is 18.9 Å². The molecule has 0 radical (unpaired) electrons. The maximum absolute atomic E-state index is 8.49. The highest BCUT2D eigenvalue weighted by Gasteiger charge is 2.21. The van der Waals surface area contributed by atoms with Gasteiger partial charge in [0.25, 0.3) is 0 Å². The molecule has 0 heterocycles. The van der Waals surface area contributed by atoms with Crippen molar-refractivity contribution in [3.8, 4) is 6.07 Å². The van der Waals surface area contributed by atoms with Crippen molar-refractivity contribution in [1.29, 1.82) is 10.7 Å². The van der Waals surface area contributed by atoms with Gasteiger partial charge in [0.1, 0.15) is 11.8 Å². The average molecular weight is 214 g/mol. The molecule has 1 aliphatic rings. The summed E-state index contributed by atoms with van der Waals surface area (Å²) in [5.41, 5.74) is 1.56. The van der Waals surface area contributed by atoms with Crippen LogP contribution in [-0.4, -0.2) is 18.5 Å². The van der Waals surface area contributed by atoms with E-state index in [0.29, 0.717) is 11.6 Å². The number of nitrogens with zero attached hydrogens (tertiary/aromatic N) is 2. The Bertz CT molecular complexity index is 405. The minimum Gasteiger partial charge on any atom is -0.382 e. The van der Waals surface area contributed by atoms with Crippen LogP contribution in [0.4, 0.5) is 0 Å². The minimum absolute atomic E-state index is 0.141. The van der Waals surface area contributed by atoms with Gasteiger partial charge >= 0.3 is 0 Å². The van der Waals surface area contributed by atoms with Crippen LogP contribution < -0.4 is 5.32 Å². The van der Waals surface area contributed by atoms with Crippen LogP contribution in [0.25, 0.3) is 0 Å². The molecule has 16 heavy (non-hydrogen) atoms. The zero-order valence-corrected chi connectivity index (χ0v) is 9.03. The number of nitriles is 1. The number of hydrogen-bond donors (Lipinski definition) is 2. The number of hydrogen-bond acceptors (Lipinski definition) is 4. The van der Waals surface area contributed by atoms with Gasteiger partial charge in [-0.3, -0.25) is 0 Å². The van der Waals surface area contributed by atoms with Gasteiger partial charge in [0.2, 0.25) is 0 Å². The minimum atomic E-state index is 0.141. The summed E-state index contributed by atoms with van der Waals surface area (Å²) in [6.45, 7) is 7.27. The summed E-state index contributed by atoms with van der Waals surface area (Å²) in [5, 5.41) is 18.8. The van der Waals surface area contributed by atoms with E-state index in [0.717, 1.165) is 18.5 Å². The molecule has 0 saturated heterocycles. The molecule has 0 aromatic rings. The van der Waals surface area contributed by atoms with Crippen molar-refractivity contribution in [3.63, 3.8) is 0 Å². The molecule has 1 rings (SSSR count). The van der Waals surface area contributed by atoms with Crippen LogP contribution in [0.2, 0.25) is 0 Å². The summed E-state index contributed by atoms with van der Waals surface area (Å²) in [5.74, 6) is 0. The summed E-state index contributed by atoms with van der Waals surface area (Å²) in [6, 6.07) is 2.31. The largest absolute Gasteiger partial charge is 0.382 e. The van der Waals surface area contributed by atoms with E-state index in [1.54, 1.807) is 6.08 Å². The maximum Gasteiger partial charge on any atom is 0.133 e. The summed E-state index contributed by atoms with van der Waals surface area (Å²) in [4.78, 5) is 3.84. The molecule has 2 N–H and O–H groups in total. The molecule has 1 fully saturated rings. The van der Waals surface area contributed by atoms with Gasteiger partial charge in [0, 0.05) is 29.7 Å². The molecule has 0 unspecified atom stereocenters. The summed E-state index contributed by atoms with van der Waals surface area (Å²) in [6.07, 6.45) is 6.59. The van der Waals surface area contributed by atoms with Crippen LogP contribution >= 0.6 is 0 Å². The van der Waals surface area contributed by atoms with Gasteiger partial charge in [-0.1, -0.05) is 13.2 Å². The first kappa shape index (κ1) is 11.9. The second-order valence-corrected chi connectivity index (χ2v) is 3.51. The van der Waals surface area contributed by atoms with Gasteiger partial charge < -0.3 is 10.7 Å².